The molecule has 0 saturated heterocycles. The van der Waals surface area contributed by atoms with Gasteiger partial charge < -0.3 is 9.47 Å². The normalized spacial score (nSPS) is 11.2. The van der Waals surface area contributed by atoms with Gasteiger partial charge in [-0.05, 0) is 26.7 Å². The lowest BCUT2D eigenvalue weighted by atomic mass is 10.0. The minimum Gasteiger partial charge on any atom is -0.462 e. The molecule has 0 amide bonds. The van der Waals surface area contributed by atoms with Crippen molar-refractivity contribution in [2.24, 2.45) is 0 Å². The van der Waals surface area contributed by atoms with E-state index in [2.05, 4.69) is 27.0 Å². The molecule has 0 bridgehead atoms. The molecule has 0 fully saturated rings. The summed E-state index contributed by atoms with van der Waals surface area (Å²) in [5.41, 5.74) is 0.991. The molecule has 0 radical (unpaired) electrons. The maximum Gasteiger partial charge on any atom is 0.333 e. The second-order valence-corrected chi connectivity index (χ2v) is 22.6. The molecule has 0 aliphatic heterocycles. The Kier molecular flexibility index (Phi) is 65.0. The Labute approximate surface area is 447 Å². The van der Waals surface area contributed by atoms with Crippen molar-refractivity contribution in [3.63, 3.8) is 0 Å². The van der Waals surface area contributed by atoms with Crippen molar-refractivity contribution in [1.29, 1.82) is 0 Å². The van der Waals surface area contributed by atoms with Crippen LogP contribution in [0.3, 0.4) is 0 Å². The Balaban J connectivity index is 0. The molecule has 422 valence electrons. The van der Waals surface area contributed by atoms with Crippen LogP contribution in [-0.4, -0.2) is 25.2 Å². The number of unbranched alkanes of at least 4 members (excludes halogenated alkanes) is 53. The first-order valence-corrected chi connectivity index (χ1v) is 32.5. The molecule has 0 saturated carbocycles. The molecule has 71 heavy (non-hydrogen) atoms. The van der Waals surface area contributed by atoms with Gasteiger partial charge in [-0.2, -0.15) is 0 Å². The van der Waals surface area contributed by atoms with E-state index in [1.807, 2.05) is 0 Å². The van der Waals surface area contributed by atoms with E-state index in [-0.39, 0.29) is 11.9 Å². The van der Waals surface area contributed by atoms with Gasteiger partial charge in [0.25, 0.3) is 0 Å². The first kappa shape index (κ1) is 71.5. The Morgan fingerprint density at radius 1 is 0.225 bits per heavy atom. The first-order chi connectivity index (χ1) is 34.9. The molecule has 4 heteroatoms. The van der Waals surface area contributed by atoms with Crippen molar-refractivity contribution in [3.05, 3.63) is 24.3 Å². The quantitative estimate of drug-likeness (QED) is 0.0346. The molecule has 0 aromatic heterocycles. The van der Waals surface area contributed by atoms with Crippen molar-refractivity contribution in [2.75, 3.05) is 13.2 Å². The van der Waals surface area contributed by atoms with Crippen LogP contribution in [0.1, 0.15) is 381 Å². The number of esters is 2. The van der Waals surface area contributed by atoms with E-state index in [0.717, 1.165) is 12.8 Å². The van der Waals surface area contributed by atoms with Crippen LogP contribution in [0.15, 0.2) is 24.3 Å². The van der Waals surface area contributed by atoms with E-state index in [1.54, 1.807) is 13.8 Å². The van der Waals surface area contributed by atoms with Gasteiger partial charge in [-0.25, -0.2) is 9.59 Å². The predicted octanol–water partition coefficient (Wildman–Crippen LogP) is 23.7. The lowest BCUT2D eigenvalue weighted by Crippen LogP contribution is -2.05. The number of carbonyl (C=O) groups is 2. The van der Waals surface area contributed by atoms with Crippen LogP contribution in [0, 0.1) is 0 Å². The van der Waals surface area contributed by atoms with Gasteiger partial charge in [-0.1, -0.05) is 367 Å². The Hall–Kier alpha value is -1.58. The maximum atomic E-state index is 11.3. The molecule has 0 heterocycles. The highest BCUT2D eigenvalue weighted by Crippen LogP contribution is 2.19. The van der Waals surface area contributed by atoms with Gasteiger partial charge in [0.15, 0.2) is 0 Å². The summed E-state index contributed by atoms with van der Waals surface area (Å²) in [5.74, 6) is -0.500. The second kappa shape index (κ2) is 64.5. The van der Waals surface area contributed by atoms with Crippen LogP contribution in [-0.2, 0) is 19.1 Å². The highest BCUT2D eigenvalue weighted by atomic mass is 16.5. The molecule has 0 aliphatic rings. The zero-order valence-electron chi connectivity index (χ0n) is 49.4. The van der Waals surface area contributed by atoms with Crippen LogP contribution in [0.25, 0.3) is 0 Å². The predicted molar refractivity (Wildman–Crippen MR) is 317 cm³/mol. The molecule has 0 spiro atoms. The number of hydrogen-bond acceptors (Lipinski definition) is 4. The van der Waals surface area contributed by atoms with Gasteiger partial charge in [-0.15, -0.1) is 0 Å². The molecule has 0 rings (SSSR count). The van der Waals surface area contributed by atoms with Gasteiger partial charge in [0, 0.05) is 11.1 Å². The van der Waals surface area contributed by atoms with Crippen LogP contribution in [0.5, 0.6) is 0 Å². The molecule has 0 atom stereocenters. The molecular formula is C67H130O4. The van der Waals surface area contributed by atoms with Crippen molar-refractivity contribution in [2.45, 2.75) is 381 Å². The minimum atomic E-state index is -0.250. The zero-order valence-corrected chi connectivity index (χ0v) is 49.4. The summed E-state index contributed by atoms with van der Waals surface area (Å²) in [6.07, 6.45) is 77.6. The fraction of sp³-hybridized carbons (Fsp3) is 0.910. The fourth-order valence-electron chi connectivity index (χ4n) is 9.94. The van der Waals surface area contributed by atoms with Crippen molar-refractivity contribution in [3.8, 4) is 0 Å². The summed E-state index contributed by atoms with van der Waals surface area (Å²) in [6, 6.07) is 0. The van der Waals surface area contributed by atoms with E-state index < -0.39 is 0 Å². The number of carbonyl (C=O) groups excluding carboxylic acids is 2. The molecule has 0 unspecified atom stereocenters. The number of hydrogen-bond donors (Lipinski definition) is 0. The molecule has 0 aromatic rings. The average Bonchev–Trinajstić information content (AvgIpc) is 3.36. The van der Waals surface area contributed by atoms with E-state index in [9.17, 15) is 9.59 Å². The summed E-state index contributed by atoms with van der Waals surface area (Å²) in [5, 5.41) is 0. The van der Waals surface area contributed by atoms with Crippen LogP contribution >= 0.6 is 0 Å². The van der Waals surface area contributed by atoms with E-state index in [1.165, 1.54) is 340 Å². The SMILES string of the molecule is C=C(C)C(=O)OCCCCCCCCCCCCCCCCCCCCCCCCCCCCC.C=C(C)C(=O)OCCCCCCCCCCCCCCCCCCCCCCCCCCCCCC. The Bertz CT molecular complexity index is 1060. The van der Waals surface area contributed by atoms with Crippen molar-refractivity contribution in [1.82, 2.24) is 0 Å². The van der Waals surface area contributed by atoms with E-state index in [4.69, 9.17) is 9.47 Å². The zero-order chi connectivity index (χ0) is 52.0. The van der Waals surface area contributed by atoms with Gasteiger partial charge in [-0.3, -0.25) is 0 Å². The Morgan fingerprint density at radius 3 is 0.451 bits per heavy atom. The molecule has 0 aliphatic carbocycles. The fourth-order valence-corrected chi connectivity index (χ4v) is 9.94. The lowest BCUT2D eigenvalue weighted by Gasteiger charge is -2.05. The smallest absolute Gasteiger partial charge is 0.333 e. The maximum absolute atomic E-state index is 11.3. The average molecular weight is 1000 g/mol. The summed E-state index contributed by atoms with van der Waals surface area (Å²) >= 11 is 0. The topological polar surface area (TPSA) is 52.6 Å². The van der Waals surface area contributed by atoms with Gasteiger partial charge in [0.1, 0.15) is 0 Å². The minimum absolute atomic E-state index is 0.250. The lowest BCUT2D eigenvalue weighted by molar-refractivity contribution is -0.139. The van der Waals surface area contributed by atoms with Crippen LogP contribution in [0.4, 0.5) is 0 Å². The summed E-state index contributed by atoms with van der Waals surface area (Å²) in [6.45, 7) is 16.3. The number of rotatable bonds is 59. The first-order valence-electron chi connectivity index (χ1n) is 32.5. The highest BCUT2D eigenvalue weighted by molar-refractivity contribution is 5.87. The third-order valence-electron chi connectivity index (χ3n) is 14.9. The third-order valence-corrected chi connectivity index (χ3v) is 14.9. The van der Waals surface area contributed by atoms with Crippen molar-refractivity contribution < 1.29 is 19.1 Å². The third kappa shape index (κ3) is 66.4. The largest absolute Gasteiger partial charge is 0.462 e. The standard InChI is InChI=1S/C34H66O2.C33H64O2/c1-4-5-6-7-8-9-10-11-12-13-14-15-16-17-18-19-20-21-22-23-24-25-26-27-28-29-30-31-32-36-34(35)33(2)3;1-4-5-6-7-8-9-10-11-12-13-14-15-16-17-18-19-20-21-22-23-24-25-26-27-28-29-30-31-35-33(34)32(2)3/h2,4-32H2,1,3H3;2,4-31H2,1,3H3. The summed E-state index contributed by atoms with van der Waals surface area (Å²) < 4.78 is 10.2. The van der Waals surface area contributed by atoms with Gasteiger partial charge >= 0.3 is 11.9 Å². The van der Waals surface area contributed by atoms with E-state index in [0.29, 0.717) is 24.4 Å². The molecule has 0 aromatic carbocycles. The van der Waals surface area contributed by atoms with Gasteiger partial charge in [0.05, 0.1) is 13.2 Å². The van der Waals surface area contributed by atoms with E-state index >= 15 is 0 Å². The highest BCUT2D eigenvalue weighted by Gasteiger charge is 2.04. The number of ether oxygens (including phenoxy) is 2. The molecular weight excluding hydrogens is 869 g/mol. The van der Waals surface area contributed by atoms with Crippen LogP contribution in [0.2, 0.25) is 0 Å². The molecule has 0 N–H and O–H groups in total. The molecule has 4 nitrogen and oxygen atoms in total. The second-order valence-electron chi connectivity index (χ2n) is 22.6. The summed E-state index contributed by atoms with van der Waals surface area (Å²) in [4.78, 5) is 22.5. The van der Waals surface area contributed by atoms with Gasteiger partial charge in [0.2, 0.25) is 0 Å². The Morgan fingerprint density at radius 2 is 0.338 bits per heavy atom. The monoisotopic (exact) mass is 999 g/mol. The summed E-state index contributed by atoms with van der Waals surface area (Å²) in [7, 11) is 0. The van der Waals surface area contributed by atoms with Crippen LogP contribution < -0.4 is 0 Å². The van der Waals surface area contributed by atoms with Crippen molar-refractivity contribution >= 4 is 11.9 Å².